The number of hydrazine groups is 1. The van der Waals surface area contributed by atoms with E-state index in [0.29, 0.717) is 17.6 Å². The van der Waals surface area contributed by atoms with Crippen LogP contribution in [0.2, 0.25) is 0 Å². The number of pyridine rings is 1. The van der Waals surface area contributed by atoms with E-state index in [9.17, 15) is 4.79 Å². The molecule has 0 radical (unpaired) electrons. The second kappa shape index (κ2) is 7.66. The molecule has 3 aliphatic rings. The van der Waals surface area contributed by atoms with E-state index in [4.69, 9.17) is 10.7 Å². The third-order valence-corrected chi connectivity index (χ3v) is 6.26. The summed E-state index contributed by atoms with van der Waals surface area (Å²) in [5.74, 6) is 1.37. The molecule has 2 aliphatic heterocycles. The van der Waals surface area contributed by atoms with E-state index < -0.39 is 0 Å². The zero-order chi connectivity index (χ0) is 19.8. The van der Waals surface area contributed by atoms with Crippen LogP contribution in [0.3, 0.4) is 0 Å². The molecule has 4 heterocycles. The number of fused-ring (bicyclic) bond motifs is 1. The van der Waals surface area contributed by atoms with E-state index in [1.54, 1.807) is 12.4 Å². The number of amides is 1. The maximum absolute atomic E-state index is 12.8. The van der Waals surface area contributed by atoms with Gasteiger partial charge in [0.1, 0.15) is 11.9 Å². The minimum absolute atomic E-state index is 0.0342. The summed E-state index contributed by atoms with van der Waals surface area (Å²) in [4.78, 5) is 28.4. The molecular weight excluding hydrogens is 368 g/mol. The van der Waals surface area contributed by atoms with E-state index in [0.717, 1.165) is 43.9 Å². The van der Waals surface area contributed by atoms with Crippen molar-refractivity contribution in [2.24, 2.45) is 11.7 Å². The predicted octanol–water partition coefficient (Wildman–Crippen LogP) is 0.386. The Bertz CT molecular complexity index is 872. The van der Waals surface area contributed by atoms with Gasteiger partial charge in [-0.3, -0.25) is 20.2 Å². The molecule has 1 amide bonds. The quantitative estimate of drug-likeness (QED) is 0.588. The molecule has 29 heavy (non-hydrogen) atoms. The lowest BCUT2D eigenvalue weighted by Crippen LogP contribution is -2.56. The van der Waals surface area contributed by atoms with Crippen LogP contribution in [0.1, 0.15) is 30.9 Å². The van der Waals surface area contributed by atoms with Crippen molar-refractivity contribution in [1.82, 2.24) is 25.8 Å². The average molecular weight is 394 g/mol. The maximum atomic E-state index is 12.8. The number of nitrogens with two attached hydrogens (primary N) is 1. The molecule has 152 valence electrons. The van der Waals surface area contributed by atoms with Gasteiger partial charge in [0.15, 0.2) is 0 Å². The van der Waals surface area contributed by atoms with Crippen LogP contribution in [0.4, 0.5) is 11.5 Å². The first kappa shape index (κ1) is 18.4. The minimum atomic E-state index is -0.285. The largest absolute Gasteiger partial charge is 0.352 e. The number of carbonyl (C=O) groups is 1. The fraction of sp³-hybridized carbons (Fsp3) is 0.500. The minimum Gasteiger partial charge on any atom is -0.352 e. The number of anilines is 2. The van der Waals surface area contributed by atoms with Crippen molar-refractivity contribution in [3.05, 3.63) is 42.6 Å². The molecular formula is C20H26N8O. The van der Waals surface area contributed by atoms with Gasteiger partial charge in [-0.1, -0.05) is 0 Å². The van der Waals surface area contributed by atoms with Crippen molar-refractivity contribution >= 4 is 17.4 Å². The predicted molar refractivity (Wildman–Crippen MR) is 109 cm³/mol. The van der Waals surface area contributed by atoms with Gasteiger partial charge < -0.3 is 16.0 Å². The lowest BCUT2D eigenvalue weighted by atomic mass is 9.74. The summed E-state index contributed by atoms with van der Waals surface area (Å²) >= 11 is 0. The van der Waals surface area contributed by atoms with Crippen LogP contribution in [0.15, 0.2) is 36.9 Å². The highest BCUT2D eigenvalue weighted by Crippen LogP contribution is 2.39. The molecule has 4 unspecified atom stereocenters. The van der Waals surface area contributed by atoms with E-state index in [1.807, 2.05) is 24.5 Å². The average Bonchev–Trinajstić information content (AvgIpc) is 3.16. The Balaban J connectivity index is 1.28. The molecule has 5 rings (SSSR count). The van der Waals surface area contributed by atoms with Gasteiger partial charge in [-0.05, 0) is 31.4 Å². The molecule has 0 bridgehead atoms. The van der Waals surface area contributed by atoms with Crippen LogP contribution >= 0.6 is 0 Å². The van der Waals surface area contributed by atoms with Crippen LogP contribution in [-0.2, 0) is 4.79 Å². The topological polar surface area (TPSA) is 121 Å². The number of hydrogen-bond acceptors (Lipinski definition) is 8. The van der Waals surface area contributed by atoms with Gasteiger partial charge in [0.2, 0.25) is 5.91 Å². The smallest absolute Gasteiger partial charge is 0.243 e. The van der Waals surface area contributed by atoms with Crippen molar-refractivity contribution in [3.8, 4) is 0 Å². The standard InChI is InChI=1S/C20H26N8O/c21-13-10-28(11-13)18-9-23-8-17(25-18)12-3-4-16-15(6-12)19(27-26-16)20(29)24-14-2-1-5-22-7-14/h1-2,5,7-9,12-13,15-16,19,26-27H,3-4,6,10-11,21H2,(H,24,29). The summed E-state index contributed by atoms with van der Waals surface area (Å²) in [5, 5.41) is 2.96. The lowest BCUT2D eigenvalue weighted by Gasteiger charge is -2.38. The first-order valence-corrected chi connectivity index (χ1v) is 10.2. The summed E-state index contributed by atoms with van der Waals surface area (Å²) in [7, 11) is 0. The van der Waals surface area contributed by atoms with E-state index in [-0.39, 0.29) is 23.9 Å². The summed E-state index contributed by atoms with van der Waals surface area (Å²) in [5.41, 5.74) is 14.1. The Morgan fingerprint density at radius 1 is 1.17 bits per heavy atom. The van der Waals surface area contributed by atoms with E-state index in [1.165, 1.54) is 0 Å². The Morgan fingerprint density at radius 3 is 2.86 bits per heavy atom. The first-order valence-electron chi connectivity index (χ1n) is 10.2. The molecule has 0 spiro atoms. The zero-order valence-corrected chi connectivity index (χ0v) is 16.2. The molecule has 4 atom stereocenters. The fourth-order valence-electron chi connectivity index (χ4n) is 4.66. The second-order valence-corrected chi connectivity index (χ2v) is 8.24. The van der Waals surface area contributed by atoms with Crippen molar-refractivity contribution in [2.75, 3.05) is 23.3 Å². The van der Waals surface area contributed by atoms with Crippen molar-refractivity contribution in [3.63, 3.8) is 0 Å². The van der Waals surface area contributed by atoms with E-state index >= 15 is 0 Å². The summed E-state index contributed by atoms with van der Waals surface area (Å²) in [6, 6.07) is 3.89. The van der Waals surface area contributed by atoms with Crippen LogP contribution in [-0.4, -0.2) is 52.1 Å². The summed E-state index contributed by atoms with van der Waals surface area (Å²) in [6.07, 6.45) is 9.95. The normalized spacial score (nSPS) is 29.2. The number of nitrogens with zero attached hydrogens (tertiary/aromatic N) is 4. The third kappa shape index (κ3) is 3.68. The Hall–Kier alpha value is -2.62. The number of aromatic nitrogens is 3. The maximum Gasteiger partial charge on any atom is 0.243 e. The summed E-state index contributed by atoms with van der Waals surface area (Å²) in [6.45, 7) is 1.66. The second-order valence-electron chi connectivity index (χ2n) is 8.24. The Morgan fingerprint density at radius 2 is 2.07 bits per heavy atom. The van der Waals surface area contributed by atoms with Crippen LogP contribution in [0.5, 0.6) is 0 Å². The van der Waals surface area contributed by atoms with Gasteiger partial charge in [0, 0.05) is 49.4 Å². The SMILES string of the molecule is NC1CN(c2cncc(C3CCC4NNC(C(=O)Nc5cccnc5)C4C3)n2)C1. The van der Waals surface area contributed by atoms with Crippen molar-refractivity contribution < 1.29 is 4.79 Å². The first-order chi connectivity index (χ1) is 14.2. The van der Waals surface area contributed by atoms with Crippen molar-refractivity contribution in [2.45, 2.75) is 43.3 Å². The molecule has 0 aromatic carbocycles. The summed E-state index contributed by atoms with van der Waals surface area (Å²) < 4.78 is 0. The highest BCUT2D eigenvalue weighted by atomic mass is 16.2. The van der Waals surface area contributed by atoms with Crippen LogP contribution in [0, 0.1) is 5.92 Å². The highest BCUT2D eigenvalue weighted by Gasteiger charge is 2.44. The van der Waals surface area contributed by atoms with Crippen LogP contribution in [0.25, 0.3) is 0 Å². The van der Waals surface area contributed by atoms with Crippen LogP contribution < -0.4 is 26.8 Å². The number of carbonyl (C=O) groups excluding carboxylic acids is 1. The molecule has 1 saturated carbocycles. The van der Waals surface area contributed by atoms with Gasteiger partial charge in [0.05, 0.1) is 23.8 Å². The molecule has 2 saturated heterocycles. The van der Waals surface area contributed by atoms with Crippen molar-refractivity contribution in [1.29, 1.82) is 0 Å². The number of rotatable bonds is 4. The molecule has 2 aromatic heterocycles. The van der Waals surface area contributed by atoms with Gasteiger partial charge in [-0.15, -0.1) is 0 Å². The fourth-order valence-corrected chi connectivity index (χ4v) is 4.66. The Kier molecular flexibility index (Phi) is 4.86. The molecule has 3 fully saturated rings. The third-order valence-electron chi connectivity index (χ3n) is 6.26. The van der Waals surface area contributed by atoms with Gasteiger partial charge in [-0.2, -0.15) is 0 Å². The molecule has 9 heteroatoms. The molecule has 5 N–H and O–H groups in total. The number of hydrogen-bond donors (Lipinski definition) is 4. The molecule has 9 nitrogen and oxygen atoms in total. The Labute approximate surface area is 169 Å². The molecule has 2 aromatic rings. The van der Waals surface area contributed by atoms with Gasteiger partial charge >= 0.3 is 0 Å². The van der Waals surface area contributed by atoms with Gasteiger partial charge in [-0.25, -0.2) is 10.4 Å². The monoisotopic (exact) mass is 394 g/mol. The number of nitrogens with one attached hydrogen (secondary N) is 3. The lowest BCUT2D eigenvalue weighted by molar-refractivity contribution is -0.119. The zero-order valence-electron chi connectivity index (χ0n) is 16.2. The van der Waals surface area contributed by atoms with E-state index in [2.05, 4.69) is 31.0 Å². The molecule has 1 aliphatic carbocycles. The highest BCUT2D eigenvalue weighted by molar-refractivity contribution is 5.95. The van der Waals surface area contributed by atoms with Gasteiger partial charge in [0.25, 0.3) is 0 Å².